The maximum atomic E-state index is 11.5. The van der Waals surface area contributed by atoms with Crippen molar-refractivity contribution in [1.29, 1.82) is 0 Å². The number of nitrogens with zero attached hydrogens (tertiary/aromatic N) is 1. The molecule has 1 aromatic rings. The number of aromatic nitrogens is 2. The Morgan fingerprint density at radius 2 is 2.25 bits per heavy atom. The molecule has 0 bridgehead atoms. The summed E-state index contributed by atoms with van der Waals surface area (Å²) in [6, 6.07) is 0. The van der Waals surface area contributed by atoms with Crippen molar-refractivity contribution in [2.45, 2.75) is 19.3 Å². The van der Waals surface area contributed by atoms with E-state index in [0.717, 1.165) is 0 Å². The monoisotopic (exact) mass is 240 g/mol. The summed E-state index contributed by atoms with van der Waals surface area (Å²) < 4.78 is 6.88. The predicted octanol–water partition coefficient (Wildman–Crippen LogP) is 0.228. The Kier molecular flexibility index (Phi) is 3.02. The number of aromatic amines is 1. The maximum Gasteiger partial charge on any atom is 0.330 e. The number of nitrogens with one attached hydrogen (secondary N) is 1. The minimum Gasteiger partial charge on any atom is -0.346 e. The minimum atomic E-state index is -0.468. The van der Waals surface area contributed by atoms with Gasteiger partial charge in [0.05, 0.1) is 6.10 Å². The summed E-state index contributed by atoms with van der Waals surface area (Å²) in [5, 5.41) is 0. The van der Waals surface area contributed by atoms with Crippen LogP contribution in [-0.2, 0) is 4.74 Å². The molecule has 86 valence electrons. The lowest BCUT2D eigenvalue weighted by Gasteiger charge is -2.15. The van der Waals surface area contributed by atoms with E-state index in [1.165, 1.54) is 10.8 Å². The Balaban J connectivity index is 2.36. The van der Waals surface area contributed by atoms with E-state index < -0.39 is 11.9 Å². The molecule has 2 rings (SSSR count). The molecule has 1 aliphatic rings. The van der Waals surface area contributed by atoms with Crippen LogP contribution < -0.4 is 11.2 Å². The molecule has 0 saturated heterocycles. The highest BCUT2D eigenvalue weighted by molar-refractivity contribution is 7.80. The summed E-state index contributed by atoms with van der Waals surface area (Å²) in [7, 11) is 0. The Morgan fingerprint density at radius 3 is 2.88 bits per heavy atom. The summed E-state index contributed by atoms with van der Waals surface area (Å²) in [5.74, 6) is 0.560. The van der Waals surface area contributed by atoms with Gasteiger partial charge in [0.1, 0.15) is 0 Å². The van der Waals surface area contributed by atoms with Crippen LogP contribution in [0.15, 0.2) is 27.9 Å². The standard InChI is InChI=1S/C10H12N2O3S/c1-6-4-12(10(14)11-9(6)13)8-3-2-7(5-16)15-8/h2-4,7-8,16H,5H2,1H3,(H,11,13,14)/t7-,8+/m0/s1. The normalized spacial score (nSPS) is 23.9. The number of aryl methyl sites for hydroxylation is 1. The lowest BCUT2D eigenvalue weighted by Crippen LogP contribution is -2.33. The molecule has 1 aliphatic heterocycles. The lowest BCUT2D eigenvalue weighted by molar-refractivity contribution is 0.0267. The largest absolute Gasteiger partial charge is 0.346 e. The quantitative estimate of drug-likeness (QED) is 0.574. The van der Waals surface area contributed by atoms with Crippen LogP contribution in [-0.4, -0.2) is 21.4 Å². The van der Waals surface area contributed by atoms with Crippen LogP contribution in [0.2, 0.25) is 0 Å². The van der Waals surface area contributed by atoms with E-state index in [-0.39, 0.29) is 11.7 Å². The van der Waals surface area contributed by atoms with Gasteiger partial charge in [0.25, 0.3) is 5.56 Å². The Hall–Kier alpha value is -1.27. The zero-order valence-electron chi connectivity index (χ0n) is 8.71. The molecule has 0 unspecified atom stereocenters. The van der Waals surface area contributed by atoms with Crippen LogP contribution >= 0.6 is 12.6 Å². The number of hydrogen-bond acceptors (Lipinski definition) is 4. The summed E-state index contributed by atoms with van der Waals surface area (Å²) in [6.45, 7) is 1.64. The van der Waals surface area contributed by atoms with Crippen LogP contribution in [0.5, 0.6) is 0 Å². The van der Waals surface area contributed by atoms with Crippen molar-refractivity contribution < 1.29 is 4.74 Å². The van der Waals surface area contributed by atoms with Gasteiger partial charge in [-0.2, -0.15) is 12.6 Å². The first kappa shape index (κ1) is 11.2. The molecule has 2 atom stereocenters. The Labute approximate surface area is 97.2 Å². The summed E-state index contributed by atoms with van der Waals surface area (Å²) in [6.07, 6.45) is 4.58. The number of thiol groups is 1. The zero-order chi connectivity index (χ0) is 11.7. The van der Waals surface area contributed by atoms with E-state index in [4.69, 9.17) is 4.74 Å². The van der Waals surface area contributed by atoms with Gasteiger partial charge in [-0.25, -0.2) is 4.79 Å². The molecule has 2 heterocycles. The summed E-state index contributed by atoms with van der Waals surface area (Å²) in [5.41, 5.74) is -0.357. The van der Waals surface area contributed by atoms with Crippen LogP contribution in [0.25, 0.3) is 0 Å². The van der Waals surface area contributed by atoms with Gasteiger partial charge in [0.2, 0.25) is 0 Å². The van der Waals surface area contributed by atoms with Crippen molar-refractivity contribution in [3.63, 3.8) is 0 Å². The molecule has 0 saturated carbocycles. The van der Waals surface area contributed by atoms with E-state index in [0.29, 0.717) is 11.3 Å². The van der Waals surface area contributed by atoms with Crippen molar-refractivity contribution in [3.8, 4) is 0 Å². The average Bonchev–Trinajstić information content (AvgIpc) is 2.71. The molecule has 1 aromatic heterocycles. The average molecular weight is 240 g/mol. The van der Waals surface area contributed by atoms with Gasteiger partial charge in [-0.1, -0.05) is 6.08 Å². The van der Waals surface area contributed by atoms with Crippen molar-refractivity contribution in [1.82, 2.24) is 9.55 Å². The smallest absolute Gasteiger partial charge is 0.330 e. The molecule has 0 aliphatic carbocycles. The molecule has 0 aromatic carbocycles. The highest BCUT2D eigenvalue weighted by atomic mass is 32.1. The molecule has 1 N–H and O–H groups in total. The lowest BCUT2D eigenvalue weighted by atomic mass is 10.3. The number of hydrogen-bond donors (Lipinski definition) is 2. The molecule has 5 nitrogen and oxygen atoms in total. The summed E-state index contributed by atoms with van der Waals surface area (Å²) in [4.78, 5) is 25.0. The first-order chi connectivity index (χ1) is 7.61. The maximum absolute atomic E-state index is 11.5. The van der Waals surface area contributed by atoms with Crippen LogP contribution in [0.4, 0.5) is 0 Å². The fourth-order valence-electron chi connectivity index (χ4n) is 1.53. The second-order valence-corrected chi connectivity index (χ2v) is 3.98. The molecule has 0 fully saturated rings. The fraction of sp³-hybridized carbons (Fsp3) is 0.400. The van der Waals surface area contributed by atoms with Gasteiger partial charge in [0, 0.05) is 17.5 Å². The first-order valence-electron chi connectivity index (χ1n) is 4.88. The number of H-pyrrole nitrogens is 1. The predicted molar refractivity (Wildman–Crippen MR) is 63.0 cm³/mol. The number of rotatable bonds is 2. The van der Waals surface area contributed by atoms with E-state index >= 15 is 0 Å². The zero-order valence-corrected chi connectivity index (χ0v) is 9.61. The van der Waals surface area contributed by atoms with Gasteiger partial charge in [0.15, 0.2) is 6.23 Å². The van der Waals surface area contributed by atoms with Gasteiger partial charge in [-0.3, -0.25) is 14.3 Å². The Bertz CT molecular complexity index is 532. The van der Waals surface area contributed by atoms with Gasteiger partial charge in [-0.05, 0) is 13.0 Å². The van der Waals surface area contributed by atoms with Gasteiger partial charge in [-0.15, -0.1) is 0 Å². The highest BCUT2D eigenvalue weighted by Crippen LogP contribution is 2.19. The highest BCUT2D eigenvalue weighted by Gasteiger charge is 2.20. The van der Waals surface area contributed by atoms with Crippen LogP contribution in [0.1, 0.15) is 11.8 Å². The Morgan fingerprint density at radius 1 is 1.50 bits per heavy atom. The van der Waals surface area contributed by atoms with Crippen molar-refractivity contribution in [2.75, 3.05) is 5.75 Å². The minimum absolute atomic E-state index is 0.0903. The molecule has 0 amide bonds. The van der Waals surface area contributed by atoms with E-state index in [1.807, 2.05) is 6.08 Å². The third-order valence-corrected chi connectivity index (χ3v) is 2.76. The van der Waals surface area contributed by atoms with Gasteiger partial charge < -0.3 is 4.74 Å². The van der Waals surface area contributed by atoms with E-state index in [2.05, 4.69) is 17.6 Å². The van der Waals surface area contributed by atoms with E-state index in [1.54, 1.807) is 13.0 Å². The molecule has 16 heavy (non-hydrogen) atoms. The number of ether oxygens (including phenoxy) is 1. The van der Waals surface area contributed by atoms with Crippen molar-refractivity contribution >= 4 is 12.6 Å². The second kappa shape index (κ2) is 4.31. The third-order valence-electron chi connectivity index (χ3n) is 2.40. The SMILES string of the molecule is Cc1cn([C@H]2C=C[C@@H](CS)O2)c(=O)[nH]c1=O. The van der Waals surface area contributed by atoms with Crippen LogP contribution in [0.3, 0.4) is 0 Å². The third kappa shape index (κ3) is 1.98. The first-order valence-corrected chi connectivity index (χ1v) is 5.52. The van der Waals surface area contributed by atoms with Crippen molar-refractivity contribution in [2.24, 2.45) is 0 Å². The summed E-state index contributed by atoms with van der Waals surface area (Å²) >= 11 is 4.11. The second-order valence-electron chi connectivity index (χ2n) is 3.61. The molecule has 0 spiro atoms. The van der Waals surface area contributed by atoms with Crippen molar-refractivity contribution in [3.05, 3.63) is 44.8 Å². The van der Waals surface area contributed by atoms with Gasteiger partial charge >= 0.3 is 5.69 Å². The molecular formula is C10H12N2O3S. The molecular weight excluding hydrogens is 228 g/mol. The topological polar surface area (TPSA) is 64.1 Å². The van der Waals surface area contributed by atoms with E-state index in [9.17, 15) is 9.59 Å². The fourth-order valence-corrected chi connectivity index (χ4v) is 1.73. The van der Waals surface area contributed by atoms with Crippen LogP contribution in [0, 0.1) is 6.92 Å². The molecule has 6 heteroatoms. The molecule has 0 radical (unpaired) electrons.